The van der Waals surface area contributed by atoms with Crippen molar-refractivity contribution in [2.24, 2.45) is 0 Å². The SMILES string of the molecule is Cc1cc(Nc2ccc(NC(=O)c3ccccc3)cc2)nc(N2CCCC2)n1. The van der Waals surface area contributed by atoms with E-state index >= 15 is 0 Å². The zero-order chi connectivity index (χ0) is 19.3. The maximum Gasteiger partial charge on any atom is 0.255 e. The Morgan fingerprint density at radius 2 is 1.61 bits per heavy atom. The van der Waals surface area contributed by atoms with Crippen LogP contribution < -0.4 is 15.5 Å². The zero-order valence-electron chi connectivity index (χ0n) is 15.9. The zero-order valence-corrected chi connectivity index (χ0v) is 15.9. The number of carbonyl (C=O) groups excluding carboxylic acids is 1. The summed E-state index contributed by atoms with van der Waals surface area (Å²) in [6.45, 7) is 4.01. The molecule has 4 rings (SSSR count). The molecule has 142 valence electrons. The van der Waals surface area contributed by atoms with Crippen LogP contribution in [-0.2, 0) is 0 Å². The fourth-order valence-corrected chi connectivity index (χ4v) is 3.25. The van der Waals surface area contributed by atoms with Gasteiger partial charge in [-0.25, -0.2) is 4.98 Å². The first-order valence-electron chi connectivity index (χ1n) is 9.51. The van der Waals surface area contributed by atoms with E-state index in [0.29, 0.717) is 5.56 Å². The highest BCUT2D eigenvalue weighted by Crippen LogP contribution is 2.22. The summed E-state index contributed by atoms with van der Waals surface area (Å²) in [5.41, 5.74) is 3.22. The first-order valence-corrected chi connectivity index (χ1v) is 9.51. The smallest absolute Gasteiger partial charge is 0.255 e. The molecule has 1 fully saturated rings. The van der Waals surface area contributed by atoms with E-state index in [1.165, 1.54) is 12.8 Å². The molecule has 1 aliphatic rings. The second-order valence-electron chi connectivity index (χ2n) is 6.91. The van der Waals surface area contributed by atoms with Gasteiger partial charge in [0.15, 0.2) is 0 Å². The number of rotatable bonds is 5. The monoisotopic (exact) mass is 373 g/mol. The van der Waals surface area contributed by atoms with Crippen LogP contribution in [0.15, 0.2) is 60.7 Å². The van der Waals surface area contributed by atoms with Gasteiger partial charge in [-0.2, -0.15) is 4.98 Å². The molecule has 0 spiro atoms. The van der Waals surface area contributed by atoms with Crippen molar-refractivity contribution < 1.29 is 4.79 Å². The molecule has 3 aromatic rings. The second kappa shape index (κ2) is 8.08. The van der Waals surface area contributed by atoms with E-state index in [1.807, 2.05) is 55.5 Å². The third kappa shape index (κ3) is 4.28. The largest absolute Gasteiger partial charge is 0.341 e. The predicted octanol–water partition coefficient (Wildman–Crippen LogP) is 4.38. The van der Waals surface area contributed by atoms with Gasteiger partial charge in [0, 0.05) is 41.8 Å². The molecular formula is C22H23N5O. The maximum absolute atomic E-state index is 12.2. The van der Waals surface area contributed by atoms with E-state index in [9.17, 15) is 4.79 Å². The van der Waals surface area contributed by atoms with Crippen molar-refractivity contribution in [3.05, 3.63) is 71.9 Å². The molecule has 0 aliphatic carbocycles. The molecular weight excluding hydrogens is 350 g/mol. The van der Waals surface area contributed by atoms with Crippen LogP contribution in [0.2, 0.25) is 0 Å². The van der Waals surface area contributed by atoms with Crippen LogP contribution in [0.3, 0.4) is 0 Å². The van der Waals surface area contributed by atoms with Crippen LogP contribution in [0, 0.1) is 6.92 Å². The summed E-state index contributed by atoms with van der Waals surface area (Å²) in [5.74, 6) is 1.44. The van der Waals surface area contributed by atoms with Crippen LogP contribution in [0.5, 0.6) is 0 Å². The lowest BCUT2D eigenvalue weighted by Crippen LogP contribution is -2.21. The molecule has 1 aromatic heterocycles. The van der Waals surface area contributed by atoms with Crippen LogP contribution >= 0.6 is 0 Å². The molecule has 0 radical (unpaired) electrons. The van der Waals surface area contributed by atoms with Crippen molar-refractivity contribution >= 4 is 29.0 Å². The van der Waals surface area contributed by atoms with Gasteiger partial charge in [0.25, 0.3) is 5.91 Å². The summed E-state index contributed by atoms with van der Waals surface area (Å²) in [6.07, 6.45) is 2.38. The Kier molecular flexibility index (Phi) is 5.19. The molecule has 1 aliphatic heterocycles. The predicted molar refractivity (Wildman–Crippen MR) is 112 cm³/mol. The molecule has 0 saturated carbocycles. The lowest BCUT2D eigenvalue weighted by molar-refractivity contribution is 0.102. The Morgan fingerprint density at radius 1 is 0.929 bits per heavy atom. The summed E-state index contributed by atoms with van der Waals surface area (Å²) in [4.78, 5) is 23.7. The highest BCUT2D eigenvalue weighted by atomic mass is 16.1. The van der Waals surface area contributed by atoms with Crippen LogP contribution in [-0.4, -0.2) is 29.0 Å². The van der Waals surface area contributed by atoms with Crippen molar-refractivity contribution in [3.8, 4) is 0 Å². The Labute approximate surface area is 164 Å². The molecule has 0 atom stereocenters. The third-order valence-corrected chi connectivity index (χ3v) is 4.68. The molecule has 28 heavy (non-hydrogen) atoms. The van der Waals surface area contributed by atoms with E-state index < -0.39 is 0 Å². The second-order valence-corrected chi connectivity index (χ2v) is 6.91. The number of hydrogen-bond acceptors (Lipinski definition) is 5. The fourth-order valence-electron chi connectivity index (χ4n) is 3.25. The molecule has 6 heteroatoms. The molecule has 0 unspecified atom stereocenters. The number of aryl methyl sites for hydroxylation is 1. The number of anilines is 4. The summed E-state index contributed by atoms with van der Waals surface area (Å²) < 4.78 is 0. The Balaban J connectivity index is 1.44. The minimum absolute atomic E-state index is 0.122. The average molecular weight is 373 g/mol. The lowest BCUT2D eigenvalue weighted by Gasteiger charge is -2.17. The van der Waals surface area contributed by atoms with Gasteiger partial charge in [-0.3, -0.25) is 4.79 Å². The Hall–Kier alpha value is -3.41. The van der Waals surface area contributed by atoms with Crippen LogP contribution in [0.1, 0.15) is 28.9 Å². The molecule has 2 N–H and O–H groups in total. The van der Waals surface area contributed by atoms with Gasteiger partial charge in [0.1, 0.15) is 5.82 Å². The van der Waals surface area contributed by atoms with E-state index in [1.54, 1.807) is 12.1 Å². The number of benzene rings is 2. The number of hydrogen-bond donors (Lipinski definition) is 2. The van der Waals surface area contributed by atoms with Gasteiger partial charge in [-0.15, -0.1) is 0 Å². The van der Waals surface area contributed by atoms with Crippen molar-refractivity contribution in [1.29, 1.82) is 0 Å². The quantitative estimate of drug-likeness (QED) is 0.694. The van der Waals surface area contributed by atoms with Gasteiger partial charge in [-0.05, 0) is 56.2 Å². The summed E-state index contributed by atoms with van der Waals surface area (Å²) >= 11 is 0. The summed E-state index contributed by atoms with van der Waals surface area (Å²) in [7, 11) is 0. The highest BCUT2D eigenvalue weighted by Gasteiger charge is 2.16. The van der Waals surface area contributed by atoms with Crippen molar-refractivity contribution in [2.45, 2.75) is 19.8 Å². The first-order chi connectivity index (χ1) is 13.7. The van der Waals surface area contributed by atoms with E-state index in [4.69, 9.17) is 0 Å². The Morgan fingerprint density at radius 3 is 2.32 bits per heavy atom. The third-order valence-electron chi connectivity index (χ3n) is 4.68. The van der Waals surface area contributed by atoms with Gasteiger partial charge < -0.3 is 15.5 Å². The normalized spacial score (nSPS) is 13.4. The van der Waals surface area contributed by atoms with Gasteiger partial charge in [0.2, 0.25) is 5.95 Å². The lowest BCUT2D eigenvalue weighted by atomic mass is 10.2. The summed E-state index contributed by atoms with van der Waals surface area (Å²) in [6, 6.07) is 18.7. The number of aromatic nitrogens is 2. The van der Waals surface area contributed by atoms with Crippen molar-refractivity contribution in [2.75, 3.05) is 28.6 Å². The van der Waals surface area contributed by atoms with E-state index in [-0.39, 0.29) is 5.91 Å². The topological polar surface area (TPSA) is 70.2 Å². The minimum atomic E-state index is -0.122. The van der Waals surface area contributed by atoms with Gasteiger partial charge in [-0.1, -0.05) is 18.2 Å². The molecule has 6 nitrogen and oxygen atoms in total. The minimum Gasteiger partial charge on any atom is -0.341 e. The van der Waals surface area contributed by atoms with Crippen LogP contribution in [0.4, 0.5) is 23.1 Å². The van der Waals surface area contributed by atoms with Gasteiger partial charge >= 0.3 is 0 Å². The molecule has 1 amide bonds. The molecule has 2 aromatic carbocycles. The Bertz CT molecular complexity index is 950. The van der Waals surface area contributed by atoms with Crippen molar-refractivity contribution in [3.63, 3.8) is 0 Å². The maximum atomic E-state index is 12.2. The van der Waals surface area contributed by atoms with E-state index in [2.05, 4.69) is 25.5 Å². The van der Waals surface area contributed by atoms with Gasteiger partial charge in [0.05, 0.1) is 0 Å². The number of nitrogens with zero attached hydrogens (tertiary/aromatic N) is 3. The number of amides is 1. The molecule has 1 saturated heterocycles. The standard InChI is InChI=1S/C22H23N5O/c1-16-15-20(26-22(23-16)27-13-5-6-14-27)24-18-9-11-19(12-10-18)25-21(28)17-7-3-2-4-8-17/h2-4,7-12,15H,5-6,13-14H2,1H3,(H,25,28)(H,23,24,26). The number of carbonyl (C=O) groups is 1. The fraction of sp³-hybridized carbons (Fsp3) is 0.227. The highest BCUT2D eigenvalue weighted by molar-refractivity contribution is 6.04. The van der Waals surface area contributed by atoms with Crippen molar-refractivity contribution in [1.82, 2.24) is 9.97 Å². The average Bonchev–Trinajstić information content (AvgIpc) is 3.25. The molecule has 2 heterocycles. The van der Waals surface area contributed by atoms with E-state index in [0.717, 1.165) is 41.9 Å². The van der Waals surface area contributed by atoms with Crippen LogP contribution in [0.25, 0.3) is 0 Å². The summed E-state index contributed by atoms with van der Waals surface area (Å²) in [5, 5.41) is 6.24. The molecule has 0 bridgehead atoms. The number of nitrogens with one attached hydrogen (secondary N) is 2. The first kappa shape index (κ1) is 18.0.